The van der Waals surface area contributed by atoms with Gasteiger partial charge in [0.05, 0.1) is 6.61 Å². The van der Waals surface area contributed by atoms with Gasteiger partial charge in [-0.25, -0.2) is 4.79 Å². The van der Waals surface area contributed by atoms with Crippen LogP contribution in [0.2, 0.25) is 0 Å². The smallest absolute Gasteiger partial charge is 0.344 e. The lowest BCUT2D eigenvalue weighted by atomic mass is 10.2. The van der Waals surface area contributed by atoms with Gasteiger partial charge in [-0.15, -0.1) is 0 Å². The number of thiocarbonyl (C=S) groups is 1. The molecule has 0 saturated carbocycles. The Hall–Kier alpha value is -2.28. The van der Waals surface area contributed by atoms with Gasteiger partial charge in [0.15, 0.2) is 0 Å². The summed E-state index contributed by atoms with van der Waals surface area (Å²) in [6.45, 7) is 5.13. The van der Waals surface area contributed by atoms with E-state index in [0.29, 0.717) is 10.8 Å². The molecule has 1 aromatic rings. The van der Waals surface area contributed by atoms with E-state index in [1.54, 1.807) is 14.0 Å². The van der Waals surface area contributed by atoms with Crippen LogP contribution >= 0.6 is 12.2 Å². The predicted octanol–water partition coefficient (Wildman–Crippen LogP) is 1.09. The fourth-order valence-corrected chi connectivity index (χ4v) is 2.83. The number of nitrogens with one attached hydrogen (secondary N) is 1. The Labute approximate surface area is 148 Å². The van der Waals surface area contributed by atoms with Crippen molar-refractivity contribution >= 4 is 28.9 Å². The topological polar surface area (TPSA) is 70.8 Å². The molecule has 0 unspecified atom stereocenters. The third-order valence-electron chi connectivity index (χ3n) is 3.93. The number of rotatable bonds is 5. The first-order valence-corrected chi connectivity index (χ1v) is 8.43. The van der Waals surface area contributed by atoms with Crippen molar-refractivity contribution in [1.29, 1.82) is 0 Å². The maximum atomic E-state index is 12.2. The molecular formula is C17H24N4O2S. The second-order valence-corrected chi connectivity index (χ2v) is 5.78. The minimum absolute atomic E-state index is 0.238. The Morgan fingerprint density at radius 3 is 2.42 bits per heavy atom. The van der Waals surface area contributed by atoms with E-state index >= 15 is 0 Å². The van der Waals surface area contributed by atoms with Gasteiger partial charge in [-0.2, -0.15) is 0 Å². The molecule has 3 N–H and O–H groups in total. The number of anilines is 1. The molecule has 130 valence electrons. The fourth-order valence-electron chi connectivity index (χ4n) is 2.64. The van der Waals surface area contributed by atoms with Crippen LogP contribution in [0.25, 0.3) is 0 Å². The maximum Gasteiger partial charge on any atom is 0.344 e. The van der Waals surface area contributed by atoms with Crippen molar-refractivity contribution in [2.24, 2.45) is 5.73 Å². The highest BCUT2D eigenvalue weighted by Gasteiger charge is 2.25. The summed E-state index contributed by atoms with van der Waals surface area (Å²) < 4.78 is 5.09. The number of likely N-dealkylation sites (N-methyl/N-ethyl adjacent to an activating group) is 1. The van der Waals surface area contributed by atoms with Crippen LogP contribution in [0.4, 0.5) is 5.69 Å². The molecule has 2 rings (SSSR count). The molecule has 1 saturated heterocycles. The first-order chi connectivity index (χ1) is 11.6. The molecule has 1 aliphatic rings. The average Bonchev–Trinajstić information content (AvgIpc) is 2.62. The van der Waals surface area contributed by atoms with Gasteiger partial charge in [0, 0.05) is 38.9 Å². The van der Waals surface area contributed by atoms with Gasteiger partial charge < -0.3 is 25.6 Å². The van der Waals surface area contributed by atoms with Crippen molar-refractivity contribution in [2.75, 3.05) is 44.7 Å². The molecule has 0 aromatic heterocycles. The van der Waals surface area contributed by atoms with Crippen LogP contribution in [0.3, 0.4) is 0 Å². The van der Waals surface area contributed by atoms with E-state index in [1.165, 1.54) is 5.69 Å². The van der Waals surface area contributed by atoms with Crippen molar-refractivity contribution in [3.05, 3.63) is 41.7 Å². The predicted molar refractivity (Wildman–Crippen MR) is 99.7 cm³/mol. The van der Waals surface area contributed by atoms with Gasteiger partial charge in [-0.1, -0.05) is 30.4 Å². The number of nitrogens with zero attached hydrogens (tertiary/aromatic N) is 2. The van der Waals surface area contributed by atoms with Crippen LogP contribution < -0.4 is 16.0 Å². The second kappa shape index (κ2) is 8.54. The fraction of sp³-hybridized carbons (Fsp3) is 0.412. The number of hydrogen-bond donors (Lipinski definition) is 2. The van der Waals surface area contributed by atoms with E-state index in [9.17, 15) is 4.79 Å². The summed E-state index contributed by atoms with van der Waals surface area (Å²) in [5.74, 6) is -0.111. The number of ether oxygens (including phenoxy) is 1. The summed E-state index contributed by atoms with van der Waals surface area (Å²) in [6, 6.07) is 10.2. The van der Waals surface area contributed by atoms with E-state index < -0.39 is 5.97 Å². The van der Waals surface area contributed by atoms with Crippen molar-refractivity contribution in [3.8, 4) is 0 Å². The first kappa shape index (κ1) is 18.1. The zero-order valence-electron chi connectivity index (χ0n) is 14.1. The number of esters is 1. The van der Waals surface area contributed by atoms with Crippen LogP contribution in [0.15, 0.2) is 41.7 Å². The summed E-state index contributed by atoms with van der Waals surface area (Å²) in [5.41, 5.74) is 7.67. The molecule has 6 nitrogen and oxygen atoms in total. The minimum Gasteiger partial charge on any atom is -0.462 e. The number of nitrogens with two attached hydrogens (primary N) is 1. The van der Waals surface area contributed by atoms with Crippen molar-refractivity contribution in [3.63, 3.8) is 0 Å². The summed E-state index contributed by atoms with van der Waals surface area (Å²) in [7, 11) is 1.67. The molecule has 0 spiro atoms. The van der Waals surface area contributed by atoms with Gasteiger partial charge in [-0.05, 0) is 19.1 Å². The third-order valence-corrected chi connectivity index (χ3v) is 4.34. The van der Waals surface area contributed by atoms with E-state index in [0.717, 1.165) is 26.2 Å². The van der Waals surface area contributed by atoms with Gasteiger partial charge in [0.2, 0.25) is 0 Å². The lowest BCUT2D eigenvalue weighted by molar-refractivity contribution is -0.138. The molecular weight excluding hydrogens is 324 g/mol. The monoisotopic (exact) mass is 348 g/mol. The van der Waals surface area contributed by atoms with E-state index in [4.69, 9.17) is 22.7 Å². The molecule has 7 heteroatoms. The highest BCUT2D eigenvalue weighted by molar-refractivity contribution is 7.80. The highest BCUT2D eigenvalue weighted by atomic mass is 32.1. The van der Waals surface area contributed by atoms with Gasteiger partial charge in [0.1, 0.15) is 16.4 Å². The third kappa shape index (κ3) is 4.17. The summed E-state index contributed by atoms with van der Waals surface area (Å²) in [5, 5.41) is 2.81. The number of para-hydroxylation sites is 1. The molecule has 1 heterocycles. The lowest BCUT2D eigenvalue weighted by Crippen LogP contribution is -2.48. The second-order valence-electron chi connectivity index (χ2n) is 5.37. The lowest BCUT2D eigenvalue weighted by Gasteiger charge is -2.37. The number of piperazine rings is 1. The number of benzene rings is 1. The summed E-state index contributed by atoms with van der Waals surface area (Å²) in [4.78, 5) is 16.8. The van der Waals surface area contributed by atoms with Crippen molar-refractivity contribution < 1.29 is 9.53 Å². The highest BCUT2D eigenvalue weighted by Crippen LogP contribution is 2.18. The minimum atomic E-state index is -0.486. The Morgan fingerprint density at radius 2 is 1.88 bits per heavy atom. The quantitative estimate of drug-likeness (QED) is 0.469. The number of hydrogen-bond acceptors (Lipinski definition) is 6. The van der Waals surface area contributed by atoms with E-state index in [2.05, 4.69) is 22.3 Å². The van der Waals surface area contributed by atoms with Crippen molar-refractivity contribution in [2.45, 2.75) is 6.92 Å². The van der Waals surface area contributed by atoms with E-state index in [-0.39, 0.29) is 12.2 Å². The Morgan fingerprint density at radius 1 is 1.25 bits per heavy atom. The van der Waals surface area contributed by atoms with Crippen LogP contribution in [-0.4, -0.2) is 55.7 Å². The molecule has 0 bridgehead atoms. The molecule has 1 aliphatic heterocycles. The zero-order chi connectivity index (χ0) is 17.5. The van der Waals surface area contributed by atoms with Gasteiger partial charge >= 0.3 is 5.97 Å². The Balaban J connectivity index is 2.12. The van der Waals surface area contributed by atoms with E-state index in [1.807, 2.05) is 23.1 Å². The average molecular weight is 348 g/mol. The van der Waals surface area contributed by atoms with Crippen LogP contribution in [-0.2, 0) is 9.53 Å². The van der Waals surface area contributed by atoms with Gasteiger partial charge in [-0.3, -0.25) is 0 Å². The van der Waals surface area contributed by atoms with Crippen LogP contribution in [0, 0.1) is 0 Å². The SMILES string of the molecule is CCOC(=O)/C(C(=S)NC)=C(/N)N1CCN(c2ccccc2)CC1. The zero-order valence-corrected chi connectivity index (χ0v) is 14.9. The Bertz CT molecular complexity index is 610. The Kier molecular flexibility index (Phi) is 6.43. The summed E-state index contributed by atoms with van der Waals surface area (Å²) >= 11 is 5.23. The van der Waals surface area contributed by atoms with Gasteiger partial charge in [0.25, 0.3) is 0 Å². The summed E-state index contributed by atoms with van der Waals surface area (Å²) in [6.07, 6.45) is 0. The molecule has 0 aliphatic carbocycles. The molecule has 0 amide bonds. The molecule has 1 aromatic carbocycles. The number of carbonyl (C=O) groups is 1. The number of carbonyl (C=O) groups excluding carboxylic acids is 1. The first-order valence-electron chi connectivity index (χ1n) is 8.02. The molecule has 1 fully saturated rings. The van der Waals surface area contributed by atoms with Crippen molar-refractivity contribution in [1.82, 2.24) is 10.2 Å². The largest absolute Gasteiger partial charge is 0.462 e. The van der Waals surface area contributed by atoms with Crippen LogP contribution in [0.5, 0.6) is 0 Å². The maximum absolute atomic E-state index is 12.2. The normalized spacial score (nSPS) is 15.6. The standard InChI is InChI=1S/C17H24N4O2S/c1-3-23-17(22)14(16(24)19-2)15(18)21-11-9-20(10-12-21)13-7-5-4-6-8-13/h4-8H,3,9-12,18H2,1-2H3,(H,19,24)/b15-14-. The molecule has 0 atom stereocenters. The molecule has 24 heavy (non-hydrogen) atoms. The molecule has 0 radical (unpaired) electrons. The van der Waals surface area contributed by atoms with Crippen LogP contribution in [0.1, 0.15) is 6.92 Å².